The molecule has 1 saturated heterocycles. The SMILES string of the molecule is Nc1nc2c(ncn2C2CC(O)C(COP(=O)([O-])[O-])O2)c(=O)[nH]1. The zero-order valence-electron chi connectivity index (χ0n) is 11.5. The molecule has 2 aromatic heterocycles. The number of rotatable bonds is 4. The maximum Gasteiger partial charge on any atom is 0.280 e. The van der Waals surface area contributed by atoms with E-state index in [4.69, 9.17) is 10.5 Å². The van der Waals surface area contributed by atoms with E-state index in [2.05, 4.69) is 19.5 Å². The Balaban J connectivity index is 1.84. The summed E-state index contributed by atoms with van der Waals surface area (Å²) >= 11 is 0. The van der Waals surface area contributed by atoms with Crippen LogP contribution in [0.15, 0.2) is 11.1 Å². The van der Waals surface area contributed by atoms with Gasteiger partial charge in [-0.05, 0) is 0 Å². The van der Waals surface area contributed by atoms with Crippen LogP contribution in [0.2, 0.25) is 0 Å². The fraction of sp³-hybridized carbons (Fsp3) is 0.500. The molecule has 3 heterocycles. The predicted molar refractivity (Wildman–Crippen MR) is 70.7 cm³/mol. The van der Waals surface area contributed by atoms with Crippen molar-refractivity contribution in [2.45, 2.75) is 24.9 Å². The molecule has 0 aliphatic carbocycles. The molecule has 3 rings (SSSR count). The van der Waals surface area contributed by atoms with Gasteiger partial charge in [-0.3, -0.25) is 14.3 Å². The number of nitrogens with zero attached hydrogens (tertiary/aromatic N) is 3. The van der Waals surface area contributed by atoms with Crippen molar-refractivity contribution in [1.82, 2.24) is 19.5 Å². The fourth-order valence-electron chi connectivity index (χ4n) is 2.35. The standard InChI is InChI=1S/C10H14N5O7P/c11-10-13-8-7(9(17)14-10)12-3-15(8)6-1-4(16)5(22-6)2-21-23(18,19)20/h3-6,16H,1-2H2,(H2,18,19,20)(H3,11,13,14,17)/p-2. The number of hydrogen-bond donors (Lipinski definition) is 3. The maximum atomic E-state index is 11.7. The van der Waals surface area contributed by atoms with E-state index >= 15 is 0 Å². The van der Waals surface area contributed by atoms with E-state index in [0.29, 0.717) is 0 Å². The molecule has 4 N–H and O–H groups in total. The lowest BCUT2D eigenvalue weighted by Gasteiger charge is -2.30. The zero-order chi connectivity index (χ0) is 16.8. The summed E-state index contributed by atoms with van der Waals surface area (Å²) in [5, 5.41) is 9.89. The van der Waals surface area contributed by atoms with Crippen LogP contribution in [0.5, 0.6) is 0 Å². The molecule has 3 unspecified atom stereocenters. The Kier molecular flexibility index (Phi) is 3.96. The molecule has 0 aromatic carbocycles. The van der Waals surface area contributed by atoms with Gasteiger partial charge in [0.2, 0.25) is 5.95 Å². The molecular formula is C10H12N5O7P-2. The number of aromatic nitrogens is 4. The van der Waals surface area contributed by atoms with Crippen LogP contribution in [0, 0.1) is 0 Å². The Morgan fingerprint density at radius 1 is 1.61 bits per heavy atom. The molecule has 126 valence electrons. The average molecular weight is 345 g/mol. The first-order valence-corrected chi connectivity index (χ1v) is 7.93. The summed E-state index contributed by atoms with van der Waals surface area (Å²) < 4.78 is 21.5. The van der Waals surface area contributed by atoms with Crippen LogP contribution in [0.3, 0.4) is 0 Å². The number of nitrogens with one attached hydrogen (secondary N) is 1. The number of ether oxygens (including phenoxy) is 1. The molecule has 0 bridgehead atoms. The van der Waals surface area contributed by atoms with Crippen molar-refractivity contribution in [3.63, 3.8) is 0 Å². The summed E-state index contributed by atoms with van der Waals surface area (Å²) in [7, 11) is -5.16. The van der Waals surface area contributed by atoms with Crippen molar-refractivity contribution in [2.75, 3.05) is 12.3 Å². The number of hydrogen-bond acceptors (Lipinski definition) is 10. The fourth-order valence-corrected chi connectivity index (χ4v) is 2.68. The van der Waals surface area contributed by atoms with Gasteiger partial charge in [-0.15, -0.1) is 0 Å². The van der Waals surface area contributed by atoms with Gasteiger partial charge in [0.1, 0.15) is 12.3 Å². The smallest absolute Gasteiger partial charge is 0.280 e. The van der Waals surface area contributed by atoms with Gasteiger partial charge in [0, 0.05) is 6.42 Å². The van der Waals surface area contributed by atoms with Gasteiger partial charge in [0.15, 0.2) is 11.2 Å². The number of aliphatic hydroxyl groups excluding tert-OH is 1. The van der Waals surface area contributed by atoms with Crippen molar-refractivity contribution in [2.24, 2.45) is 0 Å². The molecule has 2 aromatic rings. The first-order valence-electron chi connectivity index (χ1n) is 6.47. The predicted octanol–water partition coefficient (Wildman–Crippen LogP) is -2.80. The Morgan fingerprint density at radius 2 is 2.35 bits per heavy atom. The van der Waals surface area contributed by atoms with Crippen LogP contribution in [0.1, 0.15) is 12.6 Å². The Hall–Kier alpha value is -1.82. The van der Waals surface area contributed by atoms with E-state index < -0.39 is 38.4 Å². The third-order valence-electron chi connectivity index (χ3n) is 3.36. The number of nitrogen functional groups attached to an aromatic ring is 1. The minimum Gasteiger partial charge on any atom is -0.790 e. The summed E-state index contributed by atoms with van der Waals surface area (Å²) in [6.07, 6.45) is -1.50. The maximum absolute atomic E-state index is 11.7. The molecule has 0 spiro atoms. The minimum atomic E-state index is -5.16. The van der Waals surface area contributed by atoms with Crippen LogP contribution < -0.4 is 21.1 Å². The summed E-state index contributed by atoms with van der Waals surface area (Å²) in [4.78, 5) is 42.8. The van der Waals surface area contributed by atoms with Gasteiger partial charge in [0.25, 0.3) is 5.56 Å². The van der Waals surface area contributed by atoms with Gasteiger partial charge in [-0.2, -0.15) is 4.98 Å². The number of phosphoric ester groups is 1. The van der Waals surface area contributed by atoms with Gasteiger partial charge in [-0.1, -0.05) is 0 Å². The normalized spacial score (nSPS) is 25.3. The molecule has 13 heteroatoms. The topological polar surface area (TPSA) is 191 Å². The van der Waals surface area contributed by atoms with Crippen molar-refractivity contribution < 1.29 is 28.7 Å². The first-order chi connectivity index (χ1) is 10.7. The zero-order valence-corrected chi connectivity index (χ0v) is 12.4. The molecule has 1 fully saturated rings. The lowest BCUT2D eigenvalue weighted by Crippen LogP contribution is -2.29. The summed E-state index contributed by atoms with van der Waals surface area (Å²) in [5.74, 6) is -0.110. The number of H-pyrrole nitrogens is 1. The molecule has 0 saturated carbocycles. The van der Waals surface area contributed by atoms with Crippen LogP contribution in [0.25, 0.3) is 11.2 Å². The van der Waals surface area contributed by atoms with Crippen molar-refractivity contribution in [3.8, 4) is 0 Å². The first kappa shape index (κ1) is 16.1. The average Bonchev–Trinajstić information content (AvgIpc) is 2.99. The number of aliphatic hydroxyl groups is 1. The van der Waals surface area contributed by atoms with Crippen molar-refractivity contribution >= 4 is 24.9 Å². The van der Waals surface area contributed by atoms with Crippen LogP contribution in [-0.2, 0) is 13.8 Å². The van der Waals surface area contributed by atoms with Crippen LogP contribution in [-0.4, -0.2) is 43.4 Å². The van der Waals surface area contributed by atoms with E-state index in [1.807, 2.05) is 0 Å². The summed E-state index contributed by atoms with van der Waals surface area (Å²) in [5.41, 5.74) is 5.16. The highest BCUT2D eigenvalue weighted by molar-refractivity contribution is 7.43. The lowest BCUT2D eigenvalue weighted by molar-refractivity contribution is -0.343. The van der Waals surface area contributed by atoms with E-state index in [1.165, 1.54) is 10.9 Å². The number of fused-ring (bicyclic) bond motifs is 1. The van der Waals surface area contributed by atoms with E-state index in [0.717, 1.165) is 0 Å². The molecule has 23 heavy (non-hydrogen) atoms. The highest BCUT2D eigenvalue weighted by atomic mass is 31.2. The largest absolute Gasteiger partial charge is 0.790 e. The number of nitrogens with two attached hydrogens (primary N) is 1. The van der Waals surface area contributed by atoms with E-state index in [-0.39, 0.29) is 23.5 Å². The lowest BCUT2D eigenvalue weighted by atomic mass is 10.2. The molecule has 1 aliphatic rings. The Labute approximate surface area is 128 Å². The highest BCUT2D eigenvalue weighted by Crippen LogP contribution is 2.33. The molecule has 12 nitrogen and oxygen atoms in total. The second-order valence-electron chi connectivity index (χ2n) is 4.95. The summed E-state index contributed by atoms with van der Waals surface area (Å²) in [6, 6.07) is 0. The Morgan fingerprint density at radius 3 is 3.04 bits per heavy atom. The molecule has 1 aliphatic heterocycles. The second kappa shape index (κ2) is 5.67. The second-order valence-corrected chi connectivity index (χ2v) is 6.10. The van der Waals surface area contributed by atoms with Gasteiger partial charge >= 0.3 is 0 Å². The van der Waals surface area contributed by atoms with Crippen LogP contribution in [0.4, 0.5) is 5.95 Å². The minimum absolute atomic E-state index is 0.0422. The summed E-state index contributed by atoms with van der Waals surface area (Å²) in [6.45, 7) is -0.606. The quantitative estimate of drug-likeness (QED) is 0.487. The van der Waals surface area contributed by atoms with E-state index in [1.54, 1.807) is 0 Å². The Bertz CT molecular complexity index is 829. The molecule has 0 amide bonds. The third kappa shape index (κ3) is 3.27. The number of imidazole rings is 1. The molecular weight excluding hydrogens is 333 g/mol. The number of anilines is 1. The molecule has 3 atom stereocenters. The van der Waals surface area contributed by atoms with Gasteiger partial charge < -0.3 is 34.5 Å². The van der Waals surface area contributed by atoms with Crippen molar-refractivity contribution in [3.05, 3.63) is 16.7 Å². The number of phosphoric acid groups is 1. The third-order valence-corrected chi connectivity index (χ3v) is 3.83. The van der Waals surface area contributed by atoms with Gasteiger partial charge in [0.05, 0.1) is 26.9 Å². The molecule has 0 radical (unpaired) electrons. The highest BCUT2D eigenvalue weighted by Gasteiger charge is 2.36. The monoisotopic (exact) mass is 345 g/mol. The number of aromatic amines is 1. The van der Waals surface area contributed by atoms with Crippen molar-refractivity contribution in [1.29, 1.82) is 0 Å². The van der Waals surface area contributed by atoms with Crippen LogP contribution >= 0.6 is 7.82 Å². The van der Waals surface area contributed by atoms with E-state index in [9.17, 15) is 24.3 Å². The van der Waals surface area contributed by atoms with Gasteiger partial charge in [-0.25, -0.2) is 4.98 Å².